The third-order valence-electron chi connectivity index (χ3n) is 7.93. The highest BCUT2D eigenvalue weighted by atomic mass is 16.6. The van der Waals surface area contributed by atoms with Crippen LogP contribution in [0.2, 0.25) is 0 Å². The summed E-state index contributed by atoms with van der Waals surface area (Å²) in [5.74, 6) is 1.66. The number of hydrogen-bond donors (Lipinski definition) is 0. The van der Waals surface area contributed by atoms with Crippen molar-refractivity contribution in [2.24, 2.45) is 0 Å². The number of rotatable bonds is 14. The molecule has 0 radical (unpaired) electrons. The molecular weight excluding hydrogens is 516 g/mol. The van der Waals surface area contributed by atoms with Gasteiger partial charge >= 0.3 is 0 Å². The number of fused-ring (bicyclic) bond motifs is 3. The number of epoxide rings is 2. The molecule has 0 spiro atoms. The van der Waals surface area contributed by atoms with Gasteiger partial charge in [-0.05, 0) is 57.6 Å². The lowest BCUT2D eigenvalue weighted by Gasteiger charge is -2.34. The van der Waals surface area contributed by atoms with Crippen LogP contribution in [0.1, 0.15) is 22.3 Å². The van der Waals surface area contributed by atoms with Gasteiger partial charge < -0.3 is 28.4 Å². The third kappa shape index (κ3) is 5.48. The van der Waals surface area contributed by atoms with Crippen LogP contribution in [0.5, 0.6) is 11.5 Å². The molecule has 2 atom stereocenters. The second-order valence-corrected chi connectivity index (χ2v) is 10.6. The maximum absolute atomic E-state index is 5.99. The minimum Gasteiger partial charge on any atom is -0.491 e. The van der Waals surface area contributed by atoms with Gasteiger partial charge in [0.25, 0.3) is 0 Å². The van der Waals surface area contributed by atoms with E-state index in [0.29, 0.717) is 39.6 Å². The molecule has 0 amide bonds. The fourth-order valence-corrected chi connectivity index (χ4v) is 5.82. The summed E-state index contributed by atoms with van der Waals surface area (Å²) >= 11 is 0. The van der Waals surface area contributed by atoms with E-state index in [9.17, 15) is 0 Å². The van der Waals surface area contributed by atoms with Crippen LogP contribution in [0.15, 0.2) is 97.1 Å². The molecule has 0 aromatic heterocycles. The molecule has 2 fully saturated rings. The van der Waals surface area contributed by atoms with Gasteiger partial charge in [0.15, 0.2) is 0 Å². The van der Waals surface area contributed by atoms with Crippen molar-refractivity contribution in [3.63, 3.8) is 0 Å². The van der Waals surface area contributed by atoms with E-state index in [-0.39, 0.29) is 12.2 Å². The number of hydrogen-bond acceptors (Lipinski definition) is 6. The first-order valence-corrected chi connectivity index (χ1v) is 14.4. The van der Waals surface area contributed by atoms with Crippen molar-refractivity contribution >= 4 is 0 Å². The van der Waals surface area contributed by atoms with E-state index in [0.717, 1.165) is 24.7 Å². The molecule has 0 N–H and O–H groups in total. The van der Waals surface area contributed by atoms with Crippen LogP contribution in [-0.4, -0.2) is 65.1 Å². The van der Waals surface area contributed by atoms with E-state index in [1.165, 1.54) is 33.4 Å². The maximum Gasteiger partial charge on any atom is 0.119 e. The highest BCUT2D eigenvalue weighted by Crippen LogP contribution is 2.56. The van der Waals surface area contributed by atoms with Crippen molar-refractivity contribution in [1.82, 2.24) is 0 Å². The zero-order valence-electron chi connectivity index (χ0n) is 23.0. The van der Waals surface area contributed by atoms with E-state index in [2.05, 4.69) is 97.1 Å². The van der Waals surface area contributed by atoms with Crippen LogP contribution in [0.3, 0.4) is 0 Å². The van der Waals surface area contributed by atoms with Gasteiger partial charge in [-0.3, -0.25) is 0 Å². The first-order chi connectivity index (χ1) is 20.3. The monoisotopic (exact) mass is 550 g/mol. The predicted octanol–water partition coefficient (Wildman–Crippen LogP) is 5.64. The SMILES string of the molecule is c1ccc2c(c1)-c1ccccc1C2(c1ccc(OCCOC[C@H]2CO2)cc1)c1ccc(OCCOC[C@H]2CO2)cc1. The Bertz CT molecular complexity index is 1340. The van der Waals surface area contributed by atoms with Crippen LogP contribution in [0, 0.1) is 0 Å². The highest BCUT2D eigenvalue weighted by molar-refractivity contribution is 5.86. The lowest BCUT2D eigenvalue weighted by atomic mass is 9.68. The molecule has 1 aliphatic carbocycles. The van der Waals surface area contributed by atoms with Crippen LogP contribution in [0.4, 0.5) is 0 Å². The Morgan fingerprint density at radius 2 is 0.951 bits per heavy atom. The Labute approximate surface area is 240 Å². The first kappa shape index (κ1) is 26.2. The van der Waals surface area contributed by atoms with Crippen molar-refractivity contribution in [3.05, 3.63) is 119 Å². The van der Waals surface area contributed by atoms with Gasteiger partial charge in [0.1, 0.15) is 36.9 Å². The van der Waals surface area contributed by atoms with E-state index < -0.39 is 5.41 Å². The molecular formula is C35H34O6. The highest BCUT2D eigenvalue weighted by Gasteiger charge is 2.45. The number of ether oxygens (including phenoxy) is 6. The summed E-state index contributed by atoms with van der Waals surface area (Å²) in [6.07, 6.45) is 0.537. The van der Waals surface area contributed by atoms with E-state index in [1.54, 1.807) is 0 Å². The molecule has 3 aliphatic rings. The van der Waals surface area contributed by atoms with Gasteiger partial charge in [-0.1, -0.05) is 72.8 Å². The fraction of sp³-hybridized carbons (Fsp3) is 0.314. The Balaban J connectivity index is 1.16. The van der Waals surface area contributed by atoms with Gasteiger partial charge in [-0.15, -0.1) is 0 Å². The standard InChI is InChI=1S/C35H34O6/c1-3-7-33-31(5-1)32-6-2-4-8-34(32)35(33,25-9-13-27(14-10-25)38-19-17-36-21-29-23-40-29)26-11-15-28(16-12-26)39-20-18-37-22-30-24-41-30/h1-16,29-30H,17-24H2/t29-,30-/m0/s1. The van der Waals surface area contributed by atoms with Crippen LogP contribution < -0.4 is 9.47 Å². The molecule has 7 rings (SSSR count). The Morgan fingerprint density at radius 3 is 1.37 bits per heavy atom. The van der Waals surface area contributed by atoms with Gasteiger partial charge in [-0.25, -0.2) is 0 Å². The Hall–Kier alpha value is -3.68. The van der Waals surface area contributed by atoms with Gasteiger partial charge in [0.2, 0.25) is 0 Å². The Kier molecular flexibility index (Phi) is 7.46. The molecule has 210 valence electrons. The Morgan fingerprint density at radius 1 is 0.537 bits per heavy atom. The minimum absolute atomic E-state index is 0.268. The van der Waals surface area contributed by atoms with Crippen molar-refractivity contribution in [1.29, 1.82) is 0 Å². The van der Waals surface area contributed by atoms with Crippen molar-refractivity contribution in [2.75, 3.05) is 52.9 Å². The summed E-state index contributed by atoms with van der Waals surface area (Å²) in [6, 6.07) is 34.5. The van der Waals surface area contributed by atoms with Gasteiger partial charge in [-0.2, -0.15) is 0 Å². The topological polar surface area (TPSA) is 62.0 Å². The zero-order chi connectivity index (χ0) is 27.5. The van der Waals surface area contributed by atoms with Crippen LogP contribution >= 0.6 is 0 Å². The second kappa shape index (κ2) is 11.7. The lowest BCUT2D eigenvalue weighted by molar-refractivity contribution is 0.0878. The molecule has 0 bridgehead atoms. The van der Waals surface area contributed by atoms with Crippen LogP contribution in [-0.2, 0) is 24.4 Å². The zero-order valence-corrected chi connectivity index (χ0v) is 23.0. The molecule has 0 saturated carbocycles. The van der Waals surface area contributed by atoms with E-state index in [1.807, 2.05) is 0 Å². The summed E-state index contributed by atoms with van der Waals surface area (Å²) in [5, 5.41) is 0. The van der Waals surface area contributed by atoms with E-state index >= 15 is 0 Å². The molecule has 4 aromatic rings. The lowest BCUT2D eigenvalue weighted by Crippen LogP contribution is -2.28. The molecule has 0 unspecified atom stereocenters. The largest absolute Gasteiger partial charge is 0.491 e. The van der Waals surface area contributed by atoms with Crippen molar-refractivity contribution in [2.45, 2.75) is 17.6 Å². The summed E-state index contributed by atoms with van der Waals surface area (Å²) in [7, 11) is 0. The summed E-state index contributed by atoms with van der Waals surface area (Å²) in [6.45, 7) is 4.97. The van der Waals surface area contributed by atoms with Gasteiger partial charge in [0, 0.05) is 0 Å². The molecule has 4 aromatic carbocycles. The maximum atomic E-state index is 5.99. The summed E-state index contributed by atoms with van der Waals surface area (Å²) in [5.41, 5.74) is 6.98. The predicted molar refractivity (Wildman–Crippen MR) is 156 cm³/mol. The smallest absolute Gasteiger partial charge is 0.119 e. The second-order valence-electron chi connectivity index (χ2n) is 10.6. The third-order valence-corrected chi connectivity index (χ3v) is 7.93. The molecule has 2 saturated heterocycles. The summed E-state index contributed by atoms with van der Waals surface area (Å²) in [4.78, 5) is 0. The molecule has 2 heterocycles. The molecule has 6 nitrogen and oxygen atoms in total. The normalized spacial score (nSPS) is 19.3. The van der Waals surface area contributed by atoms with Crippen molar-refractivity contribution < 1.29 is 28.4 Å². The van der Waals surface area contributed by atoms with Crippen molar-refractivity contribution in [3.8, 4) is 22.6 Å². The summed E-state index contributed by atoms with van der Waals surface area (Å²) < 4.78 is 33.6. The van der Waals surface area contributed by atoms with Gasteiger partial charge in [0.05, 0.1) is 45.1 Å². The minimum atomic E-state index is -0.467. The number of benzene rings is 4. The quantitative estimate of drug-likeness (QED) is 0.132. The molecule has 6 heteroatoms. The molecule has 41 heavy (non-hydrogen) atoms. The molecule has 2 aliphatic heterocycles. The average Bonchev–Trinajstić information content (AvgIpc) is 3.96. The first-order valence-electron chi connectivity index (χ1n) is 14.4. The fourth-order valence-electron chi connectivity index (χ4n) is 5.82. The van der Waals surface area contributed by atoms with E-state index in [4.69, 9.17) is 28.4 Å². The van der Waals surface area contributed by atoms with Crippen LogP contribution in [0.25, 0.3) is 11.1 Å². The average molecular weight is 551 g/mol.